The third-order valence-corrected chi connectivity index (χ3v) is 6.74. The van der Waals surface area contributed by atoms with Gasteiger partial charge in [0.15, 0.2) is 0 Å². The summed E-state index contributed by atoms with van der Waals surface area (Å²) in [6.07, 6.45) is -2.60. The number of carboxylic acids is 1. The molecule has 0 radical (unpaired) electrons. The zero-order valence-corrected chi connectivity index (χ0v) is 19.1. The Morgan fingerprint density at radius 2 is 1.63 bits per heavy atom. The fourth-order valence-corrected chi connectivity index (χ4v) is 5.03. The highest BCUT2D eigenvalue weighted by atomic mass is 19.3. The summed E-state index contributed by atoms with van der Waals surface area (Å²) in [6.45, 7) is -0.0271. The van der Waals surface area contributed by atoms with E-state index in [1.807, 2.05) is 48.5 Å². The third-order valence-electron chi connectivity index (χ3n) is 6.74. The molecule has 0 bridgehead atoms. The average molecular weight is 487 g/mol. The van der Waals surface area contributed by atoms with Crippen LogP contribution in [-0.4, -0.2) is 48.2 Å². The van der Waals surface area contributed by atoms with Crippen molar-refractivity contribution in [2.75, 3.05) is 6.61 Å². The molecule has 35 heavy (non-hydrogen) atoms. The highest BCUT2D eigenvalue weighted by Gasteiger charge is 2.32. The molecule has 0 aliphatic heterocycles. The first-order valence-electron chi connectivity index (χ1n) is 11.7. The molecule has 2 amide bonds. The van der Waals surface area contributed by atoms with E-state index in [4.69, 9.17) is 4.74 Å². The van der Waals surface area contributed by atoms with Crippen molar-refractivity contribution < 1.29 is 33.0 Å². The number of carbonyl (C=O) groups is 3. The number of aliphatic carboxylic acids is 1. The van der Waals surface area contributed by atoms with Crippen molar-refractivity contribution in [3.05, 3.63) is 59.7 Å². The van der Waals surface area contributed by atoms with Crippen LogP contribution >= 0.6 is 0 Å². The summed E-state index contributed by atoms with van der Waals surface area (Å²) in [5.74, 6) is -2.36. The molecule has 1 unspecified atom stereocenters. The van der Waals surface area contributed by atoms with Crippen LogP contribution < -0.4 is 10.6 Å². The van der Waals surface area contributed by atoms with Crippen molar-refractivity contribution in [1.82, 2.24) is 10.6 Å². The van der Waals surface area contributed by atoms with Gasteiger partial charge in [0, 0.05) is 12.0 Å². The maximum atomic E-state index is 13.6. The number of carbonyl (C=O) groups excluding carboxylic acids is 2. The summed E-state index contributed by atoms with van der Waals surface area (Å²) in [5.41, 5.74) is 4.09. The number of benzene rings is 2. The predicted octanol–water partition coefficient (Wildman–Crippen LogP) is 4.31. The Labute approximate surface area is 201 Å². The Bertz CT molecular complexity index is 1050. The number of halogens is 2. The summed E-state index contributed by atoms with van der Waals surface area (Å²) < 4.78 is 32.5. The first-order chi connectivity index (χ1) is 16.8. The Hall–Kier alpha value is -3.49. The lowest BCUT2D eigenvalue weighted by molar-refractivity contribution is -0.143. The van der Waals surface area contributed by atoms with Gasteiger partial charge in [-0.3, -0.25) is 9.59 Å². The van der Waals surface area contributed by atoms with Gasteiger partial charge < -0.3 is 20.5 Å². The van der Waals surface area contributed by atoms with Crippen LogP contribution in [-0.2, 0) is 14.3 Å². The number of alkyl halides is 2. The van der Waals surface area contributed by atoms with Gasteiger partial charge in [0.25, 0.3) is 6.43 Å². The van der Waals surface area contributed by atoms with Gasteiger partial charge in [0.2, 0.25) is 5.91 Å². The quantitative estimate of drug-likeness (QED) is 0.516. The lowest BCUT2D eigenvalue weighted by Crippen LogP contribution is -2.46. The van der Waals surface area contributed by atoms with E-state index in [1.54, 1.807) is 0 Å². The molecule has 3 atom stereocenters. The van der Waals surface area contributed by atoms with Crippen LogP contribution in [0.3, 0.4) is 0 Å². The van der Waals surface area contributed by atoms with E-state index in [0.29, 0.717) is 19.3 Å². The molecule has 7 nitrogen and oxygen atoms in total. The molecule has 0 spiro atoms. The minimum atomic E-state index is -2.97. The number of ether oxygens (including phenoxy) is 1. The number of hydrogen-bond donors (Lipinski definition) is 3. The van der Waals surface area contributed by atoms with Crippen LogP contribution in [0.15, 0.2) is 48.5 Å². The van der Waals surface area contributed by atoms with Gasteiger partial charge in [0.05, 0.1) is 12.3 Å². The monoisotopic (exact) mass is 486 g/mol. The van der Waals surface area contributed by atoms with Gasteiger partial charge in [-0.05, 0) is 41.5 Å². The Kier molecular flexibility index (Phi) is 7.63. The number of fused-ring (bicyclic) bond motifs is 3. The zero-order chi connectivity index (χ0) is 24.9. The number of carboxylic acid groups (broad SMARTS) is 1. The topological polar surface area (TPSA) is 105 Å². The van der Waals surface area contributed by atoms with Gasteiger partial charge in [-0.1, -0.05) is 55.0 Å². The van der Waals surface area contributed by atoms with Crippen LogP contribution in [0.1, 0.15) is 49.1 Å². The van der Waals surface area contributed by atoms with Crippen LogP contribution in [0.2, 0.25) is 0 Å². The van der Waals surface area contributed by atoms with Gasteiger partial charge >= 0.3 is 12.1 Å². The summed E-state index contributed by atoms with van der Waals surface area (Å²) in [5, 5.41) is 13.9. The van der Waals surface area contributed by atoms with E-state index in [1.165, 1.54) is 0 Å². The standard InChI is InChI=1S/C26H28F2N2O5/c27-24(28)22(13-23(31)29-16-7-5-6-15(12-16)25(32)33)30-26(34)35-14-21-19-10-3-1-8-17(19)18-9-2-4-11-20(18)21/h1-4,8-11,15-16,21-22,24H,5-7,12-14H2,(H,29,31)(H,30,34)(H,32,33)/t15-,16-,22?/m1/s1. The second-order valence-corrected chi connectivity index (χ2v) is 9.08. The van der Waals surface area contributed by atoms with E-state index < -0.39 is 42.8 Å². The van der Waals surface area contributed by atoms with Gasteiger partial charge in [-0.25, -0.2) is 13.6 Å². The Balaban J connectivity index is 1.32. The lowest BCUT2D eigenvalue weighted by atomic mass is 9.85. The third kappa shape index (κ3) is 5.78. The lowest BCUT2D eigenvalue weighted by Gasteiger charge is -2.28. The Morgan fingerprint density at radius 1 is 1.00 bits per heavy atom. The molecule has 1 saturated carbocycles. The van der Waals surface area contributed by atoms with Crippen molar-refractivity contribution in [2.45, 2.75) is 56.5 Å². The molecule has 3 N–H and O–H groups in total. The first-order valence-corrected chi connectivity index (χ1v) is 11.7. The fraction of sp³-hybridized carbons (Fsp3) is 0.423. The highest BCUT2D eigenvalue weighted by Crippen LogP contribution is 2.44. The SMILES string of the molecule is O=C(CC(NC(=O)OCC1c2ccccc2-c2ccccc21)C(F)F)N[C@@H]1CCC[C@@H](C(=O)O)C1. The van der Waals surface area contributed by atoms with Crippen LogP contribution in [0.5, 0.6) is 0 Å². The normalized spacial score (nSPS) is 20.0. The molecule has 4 rings (SSSR count). The van der Waals surface area contributed by atoms with Crippen LogP contribution in [0.4, 0.5) is 13.6 Å². The van der Waals surface area contributed by atoms with E-state index in [9.17, 15) is 28.3 Å². The van der Waals surface area contributed by atoms with E-state index in [0.717, 1.165) is 22.3 Å². The first kappa shape index (κ1) is 24.6. The number of hydrogen-bond acceptors (Lipinski definition) is 4. The molecule has 2 aliphatic rings. The molecule has 0 saturated heterocycles. The van der Waals surface area contributed by atoms with E-state index in [2.05, 4.69) is 10.6 Å². The smallest absolute Gasteiger partial charge is 0.407 e. The maximum absolute atomic E-state index is 13.6. The van der Waals surface area contributed by atoms with E-state index in [-0.39, 0.29) is 25.0 Å². The second-order valence-electron chi connectivity index (χ2n) is 9.08. The predicted molar refractivity (Wildman–Crippen MR) is 124 cm³/mol. The van der Waals surface area contributed by atoms with Crippen molar-refractivity contribution in [3.63, 3.8) is 0 Å². The molecular formula is C26H28F2N2O5. The summed E-state index contributed by atoms with van der Waals surface area (Å²) in [7, 11) is 0. The zero-order valence-electron chi connectivity index (χ0n) is 19.1. The van der Waals surface area contributed by atoms with Crippen LogP contribution in [0.25, 0.3) is 11.1 Å². The summed E-state index contributed by atoms with van der Waals surface area (Å²) in [4.78, 5) is 35.9. The molecule has 2 aromatic carbocycles. The van der Waals surface area contributed by atoms with Crippen LogP contribution in [0, 0.1) is 5.92 Å². The molecule has 2 aliphatic carbocycles. The van der Waals surface area contributed by atoms with Gasteiger partial charge in [0.1, 0.15) is 12.6 Å². The molecule has 1 fully saturated rings. The van der Waals surface area contributed by atoms with Crippen molar-refractivity contribution in [2.24, 2.45) is 5.92 Å². The molecular weight excluding hydrogens is 458 g/mol. The molecule has 9 heteroatoms. The van der Waals surface area contributed by atoms with Crippen molar-refractivity contribution >= 4 is 18.0 Å². The second kappa shape index (κ2) is 10.8. The van der Waals surface area contributed by atoms with Gasteiger partial charge in [-0.15, -0.1) is 0 Å². The maximum Gasteiger partial charge on any atom is 0.407 e. The number of rotatable bonds is 8. The van der Waals surface area contributed by atoms with Crippen molar-refractivity contribution in [1.29, 1.82) is 0 Å². The largest absolute Gasteiger partial charge is 0.481 e. The number of alkyl carbamates (subject to hydrolysis) is 1. The Morgan fingerprint density at radius 3 is 2.23 bits per heavy atom. The van der Waals surface area contributed by atoms with Gasteiger partial charge in [-0.2, -0.15) is 0 Å². The minimum absolute atomic E-state index is 0.0271. The average Bonchev–Trinajstić information content (AvgIpc) is 3.16. The minimum Gasteiger partial charge on any atom is -0.481 e. The summed E-state index contributed by atoms with van der Waals surface area (Å²) >= 11 is 0. The number of nitrogens with one attached hydrogen (secondary N) is 2. The fourth-order valence-electron chi connectivity index (χ4n) is 5.03. The molecule has 186 valence electrons. The summed E-state index contributed by atoms with van der Waals surface area (Å²) in [6, 6.07) is 13.4. The van der Waals surface area contributed by atoms with E-state index >= 15 is 0 Å². The molecule has 2 aromatic rings. The number of amides is 2. The molecule has 0 aromatic heterocycles. The highest BCUT2D eigenvalue weighted by molar-refractivity contribution is 5.80. The van der Waals surface area contributed by atoms with Crippen molar-refractivity contribution in [3.8, 4) is 11.1 Å². The molecule has 0 heterocycles.